The average molecular weight is 594 g/mol. The molecule has 0 fully saturated rings. The molecule has 41 heavy (non-hydrogen) atoms. The quantitative estimate of drug-likeness (QED) is 0.0923. The van der Waals surface area contributed by atoms with Gasteiger partial charge in [0, 0.05) is 17.0 Å². The monoisotopic (exact) mass is 594 g/mol. The zero-order valence-electron chi connectivity index (χ0n) is 20.8. The van der Waals surface area contributed by atoms with Gasteiger partial charge in [-0.3, -0.25) is 0 Å². The van der Waals surface area contributed by atoms with Crippen LogP contribution in [0.25, 0.3) is 22.1 Å². The van der Waals surface area contributed by atoms with Crippen LogP contribution >= 0.6 is 0 Å². The van der Waals surface area contributed by atoms with E-state index in [4.69, 9.17) is 9.15 Å². The van der Waals surface area contributed by atoms with Crippen molar-refractivity contribution < 1.29 is 53.8 Å². The van der Waals surface area contributed by atoms with Gasteiger partial charge in [-0.15, -0.1) is 0 Å². The summed E-state index contributed by atoms with van der Waals surface area (Å²) in [4.78, 5) is 23.5. The maximum Gasteiger partial charge on any atom is 0.378 e. The predicted molar refractivity (Wildman–Crippen MR) is 135 cm³/mol. The molecule has 1 heterocycles. The Morgan fingerprint density at radius 1 is 0.854 bits per heavy atom. The maximum atomic E-state index is 14.2. The molecular formula is C28H26F8O5. The molecule has 1 aromatic heterocycles. The van der Waals surface area contributed by atoms with E-state index in [-0.39, 0.29) is 29.9 Å². The van der Waals surface area contributed by atoms with Gasteiger partial charge in [0.05, 0.1) is 31.6 Å². The lowest BCUT2D eigenvalue weighted by Gasteiger charge is -2.36. The lowest BCUT2D eigenvalue weighted by Crippen LogP contribution is -2.62. The molecule has 3 aromatic rings. The van der Waals surface area contributed by atoms with Gasteiger partial charge in [-0.2, -0.15) is 35.1 Å². The van der Waals surface area contributed by atoms with Crippen molar-refractivity contribution in [3.05, 3.63) is 77.2 Å². The van der Waals surface area contributed by atoms with Crippen LogP contribution in [0.1, 0.15) is 27.2 Å². The molecule has 0 spiro atoms. The lowest BCUT2D eigenvalue weighted by molar-refractivity contribution is -0.368. The van der Waals surface area contributed by atoms with Crippen molar-refractivity contribution in [2.75, 3.05) is 13.2 Å². The normalized spacial score (nSPS) is 12.5. The second-order valence-electron chi connectivity index (χ2n) is 8.84. The van der Waals surface area contributed by atoms with Crippen LogP contribution in [0.4, 0.5) is 35.1 Å². The van der Waals surface area contributed by atoms with Crippen LogP contribution in [0.5, 0.6) is 5.75 Å². The Balaban J connectivity index is 0.00000588. The molecule has 0 N–H and O–H groups in total. The highest BCUT2D eigenvalue weighted by Gasteiger charge is 2.79. The van der Waals surface area contributed by atoms with E-state index in [2.05, 4.69) is 11.3 Å². The zero-order valence-corrected chi connectivity index (χ0v) is 20.8. The Bertz CT molecular complexity index is 1430. The van der Waals surface area contributed by atoms with Crippen LogP contribution in [0.2, 0.25) is 0 Å². The summed E-state index contributed by atoms with van der Waals surface area (Å²) in [5.74, 6) is -25.8. The molecule has 0 atom stereocenters. The largest absolute Gasteiger partial charge is 0.493 e. The van der Waals surface area contributed by atoms with Gasteiger partial charge < -0.3 is 13.9 Å². The third-order valence-electron chi connectivity index (χ3n) is 5.79. The molecule has 5 nitrogen and oxygen atoms in total. The summed E-state index contributed by atoms with van der Waals surface area (Å²) in [6.45, 7) is 1.51. The van der Waals surface area contributed by atoms with Crippen LogP contribution < -0.4 is 10.4 Å². The van der Waals surface area contributed by atoms with E-state index in [0.717, 1.165) is 13.0 Å². The third kappa shape index (κ3) is 6.88. The number of rotatable bonds is 12. The first-order valence-electron chi connectivity index (χ1n) is 11.6. The number of halogens is 8. The van der Waals surface area contributed by atoms with Crippen molar-refractivity contribution in [3.8, 4) is 16.9 Å². The summed E-state index contributed by atoms with van der Waals surface area (Å²) in [7, 11) is 0. The fourth-order valence-electron chi connectivity index (χ4n) is 3.47. The molecule has 0 aliphatic rings. The minimum absolute atomic E-state index is 0. The van der Waals surface area contributed by atoms with Crippen LogP contribution in [-0.4, -0.2) is 42.9 Å². The lowest BCUT2D eigenvalue weighted by atomic mass is 9.95. The first-order valence-corrected chi connectivity index (χ1v) is 11.6. The van der Waals surface area contributed by atoms with Crippen LogP contribution in [0.15, 0.2) is 76.0 Å². The molecule has 0 saturated carbocycles. The summed E-state index contributed by atoms with van der Waals surface area (Å²) in [6, 6.07) is 13.7. The minimum atomic E-state index is -6.51. The van der Waals surface area contributed by atoms with Crippen molar-refractivity contribution in [2.45, 2.75) is 50.9 Å². The third-order valence-corrected chi connectivity index (χ3v) is 5.79. The van der Waals surface area contributed by atoms with Gasteiger partial charge >= 0.3 is 35.3 Å². The second-order valence-corrected chi connectivity index (χ2v) is 8.84. The molecular weight excluding hydrogens is 568 g/mol. The first-order chi connectivity index (χ1) is 18.5. The van der Waals surface area contributed by atoms with Gasteiger partial charge in [0.15, 0.2) is 0 Å². The second kappa shape index (κ2) is 12.3. The molecule has 0 saturated heterocycles. The number of hydrogen-bond donors (Lipinski definition) is 0. The highest BCUT2D eigenvalue weighted by atomic mass is 19.4. The molecule has 0 radical (unpaired) electrons. The molecule has 2 aromatic carbocycles. The molecule has 0 amide bonds. The molecule has 3 rings (SSSR count). The SMILES string of the molecule is C.C=C(C)C(=O)OCCC(F)(F)C(F)(F)C(F)(F)C(F)(F)CCOc1ccc2cc(-c3ccccc3)c(=O)oc2c1. The van der Waals surface area contributed by atoms with E-state index in [1.165, 1.54) is 18.2 Å². The van der Waals surface area contributed by atoms with E-state index < -0.39 is 61.3 Å². The number of hydrogen-bond acceptors (Lipinski definition) is 5. The zero-order chi connectivity index (χ0) is 29.9. The van der Waals surface area contributed by atoms with Crippen molar-refractivity contribution in [2.24, 2.45) is 0 Å². The number of benzene rings is 2. The van der Waals surface area contributed by atoms with Gasteiger partial charge in [0.2, 0.25) is 0 Å². The van der Waals surface area contributed by atoms with E-state index in [9.17, 15) is 44.7 Å². The Labute approximate surface area is 229 Å². The fraction of sp³-hybridized carbons (Fsp3) is 0.357. The van der Waals surface area contributed by atoms with Crippen LogP contribution in [0, 0.1) is 0 Å². The van der Waals surface area contributed by atoms with Crippen molar-refractivity contribution in [1.82, 2.24) is 0 Å². The van der Waals surface area contributed by atoms with Gasteiger partial charge in [0.25, 0.3) is 0 Å². The highest BCUT2D eigenvalue weighted by molar-refractivity contribution is 5.86. The Morgan fingerprint density at radius 2 is 1.41 bits per heavy atom. The summed E-state index contributed by atoms with van der Waals surface area (Å²) in [6.07, 6.45) is -4.21. The summed E-state index contributed by atoms with van der Waals surface area (Å²) in [5, 5.41) is 0.401. The predicted octanol–water partition coefficient (Wildman–Crippen LogP) is 7.92. The average Bonchev–Trinajstić information content (AvgIpc) is 2.88. The fourth-order valence-corrected chi connectivity index (χ4v) is 3.47. The molecule has 13 heteroatoms. The molecule has 0 aliphatic heterocycles. The van der Waals surface area contributed by atoms with Crippen molar-refractivity contribution in [3.63, 3.8) is 0 Å². The number of alkyl halides is 8. The van der Waals surface area contributed by atoms with Gasteiger partial charge in [-0.05, 0) is 30.7 Å². The topological polar surface area (TPSA) is 65.7 Å². The number of carbonyl (C=O) groups excluding carboxylic acids is 1. The van der Waals surface area contributed by atoms with E-state index >= 15 is 0 Å². The highest BCUT2D eigenvalue weighted by Crippen LogP contribution is 2.54. The summed E-state index contributed by atoms with van der Waals surface area (Å²) in [5.41, 5.74) is -0.262. The van der Waals surface area contributed by atoms with Crippen molar-refractivity contribution in [1.29, 1.82) is 0 Å². The first kappa shape index (κ1) is 33.3. The molecule has 0 bridgehead atoms. The molecule has 0 aliphatic carbocycles. The molecule has 0 unspecified atom stereocenters. The number of carbonyl (C=O) groups is 1. The Morgan fingerprint density at radius 3 is 1.98 bits per heavy atom. The van der Waals surface area contributed by atoms with E-state index in [1.54, 1.807) is 30.3 Å². The van der Waals surface area contributed by atoms with Crippen LogP contribution in [-0.2, 0) is 9.53 Å². The number of esters is 1. The Hall–Kier alpha value is -3.90. The summed E-state index contributed by atoms with van der Waals surface area (Å²) >= 11 is 0. The number of fused-ring (bicyclic) bond motifs is 1. The standard InChI is InChI=1S/C27H22F8O5.CH4/c1-16(2)22(36)39-13-11-25(30,31)27(34,35)26(32,33)24(28,29)10-12-38-19-9-8-18-14-20(17-6-4-3-5-7-17)23(37)40-21(18)15-19;/h3-9,14-15H,1,10-13H2,2H3;1H4. The van der Waals surface area contributed by atoms with Crippen molar-refractivity contribution >= 4 is 16.9 Å². The van der Waals surface area contributed by atoms with Crippen LogP contribution in [0.3, 0.4) is 0 Å². The van der Waals surface area contributed by atoms with Gasteiger partial charge in [-0.25, -0.2) is 9.59 Å². The summed E-state index contributed by atoms with van der Waals surface area (Å²) < 4.78 is 127. The van der Waals surface area contributed by atoms with Gasteiger partial charge in [0.1, 0.15) is 11.3 Å². The Kier molecular flexibility index (Phi) is 10.0. The molecule has 224 valence electrons. The van der Waals surface area contributed by atoms with Gasteiger partial charge in [-0.1, -0.05) is 44.3 Å². The maximum absolute atomic E-state index is 14.2. The minimum Gasteiger partial charge on any atom is -0.493 e. The van der Waals surface area contributed by atoms with E-state index in [1.807, 2.05) is 0 Å². The smallest absolute Gasteiger partial charge is 0.378 e. The van der Waals surface area contributed by atoms with E-state index in [0.29, 0.717) is 10.9 Å². The number of ether oxygens (including phenoxy) is 2.